The molecule has 1 aromatic heterocycles. The van der Waals surface area contributed by atoms with Gasteiger partial charge in [0.05, 0.1) is 31.4 Å². The van der Waals surface area contributed by atoms with Crippen LogP contribution in [0.15, 0.2) is 12.1 Å². The molecule has 0 atom stereocenters. The molecule has 1 spiro atoms. The van der Waals surface area contributed by atoms with Crippen LogP contribution in [-0.4, -0.2) is 37.1 Å². The summed E-state index contributed by atoms with van der Waals surface area (Å²) in [4.78, 5) is 6.68. The number of nitriles is 1. The minimum absolute atomic E-state index is 0.462. The van der Waals surface area contributed by atoms with E-state index in [0.29, 0.717) is 25.3 Å². The van der Waals surface area contributed by atoms with Gasteiger partial charge in [-0.15, -0.1) is 0 Å². The largest absolute Gasteiger partial charge is 0.351 e. The summed E-state index contributed by atoms with van der Waals surface area (Å²) in [6.45, 7) is 4.85. The van der Waals surface area contributed by atoms with E-state index < -0.39 is 5.79 Å². The summed E-state index contributed by atoms with van der Waals surface area (Å²) in [6.07, 6.45) is 1.94. The molecule has 2 aliphatic heterocycles. The number of hydrogen-bond donors (Lipinski definition) is 0. The van der Waals surface area contributed by atoms with Crippen molar-refractivity contribution in [3.05, 3.63) is 23.4 Å². The van der Waals surface area contributed by atoms with Gasteiger partial charge in [-0.1, -0.05) is 0 Å². The Balaban J connectivity index is 1.85. The first kappa shape index (κ1) is 12.4. The van der Waals surface area contributed by atoms with Gasteiger partial charge >= 0.3 is 0 Å². The molecule has 0 aliphatic carbocycles. The van der Waals surface area contributed by atoms with Crippen LogP contribution in [0.4, 0.5) is 5.82 Å². The second-order valence-corrected chi connectivity index (χ2v) is 5.10. The minimum Gasteiger partial charge on any atom is -0.351 e. The standard InChI is InChI=1S/C14H17N3O2/c1-11-7-12(9-15)8-13(16-11)17-4-2-3-14(10-17)18-5-6-19-14/h7-8H,2-6,10H2,1H3. The van der Waals surface area contributed by atoms with Gasteiger partial charge in [0.2, 0.25) is 0 Å². The van der Waals surface area contributed by atoms with Gasteiger partial charge in [-0.25, -0.2) is 4.98 Å². The van der Waals surface area contributed by atoms with Gasteiger partial charge in [0.1, 0.15) is 5.82 Å². The van der Waals surface area contributed by atoms with Crippen molar-refractivity contribution in [1.29, 1.82) is 5.26 Å². The summed E-state index contributed by atoms with van der Waals surface area (Å²) in [7, 11) is 0. The van der Waals surface area contributed by atoms with Crippen LogP contribution in [0.5, 0.6) is 0 Å². The molecule has 0 aromatic carbocycles. The van der Waals surface area contributed by atoms with Crippen LogP contribution in [-0.2, 0) is 9.47 Å². The number of hydrogen-bond acceptors (Lipinski definition) is 5. The van der Waals surface area contributed by atoms with Gasteiger partial charge in [0.15, 0.2) is 5.79 Å². The lowest BCUT2D eigenvalue weighted by molar-refractivity contribution is -0.161. The summed E-state index contributed by atoms with van der Waals surface area (Å²) < 4.78 is 11.5. The van der Waals surface area contributed by atoms with Crippen molar-refractivity contribution in [1.82, 2.24) is 4.98 Å². The van der Waals surface area contributed by atoms with Crippen molar-refractivity contribution in [2.75, 3.05) is 31.2 Å². The lowest BCUT2D eigenvalue weighted by Crippen LogP contribution is -2.49. The Kier molecular flexibility index (Phi) is 3.13. The van der Waals surface area contributed by atoms with Gasteiger partial charge in [-0.3, -0.25) is 0 Å². The van der Waals surface area contributed by atoms with E-state index in [0.717, 1.165) is 30.9 Å². The van der Waals surface area contributed by atoms with Gasteiger partial charge < -0.3 is 14.4 Å². The highest BCUT2D eigenvalue weighted by Gasteiger charge is 2.41. The van der Waals surface area contributed by atoms with E-state index in [-0.39, 0.29) is 0 Å². The molecule has 3 heterocycles. The first-order valence-corrected chi connectivity index (χ1v) is 6.62. The Labute approximate surface area is 112 Å². The second-order valence-electron chi connectivity index (χ2n) is 5.10. The number of piperidine rings is 1. The molecule has 0 N–H and O–H groups in total. The van der Waals surface area contributed by atoms with Crippen molar-refractivity contribution in [2.45, 2.75) is 25.6 Å². The van der Waals surface area contributed by atoms with Gasteiger partial charge in [0, 0.05) is 18.7 Å². The first-order valence-electron chi connectivity index (χ1n) is 6.62. The quantitative estimate of drug-likeness (QED) is 0.766. The number of aromatic nitrogens is 1. The zero-order valence-corrected chi connectivity index (χ0v) is 11.1. The smallest absolute Gasteiger partial charge is 0.186 e. The van der Waals surface area contributed by atoms with Gasteiger partial charge in [-0.05, 0) is 25.5 Å². The average Bonchev–Trinajstić information content (AvgIpc) is 2.86. The molecule has 0 saturated carbocycles. The third-order valence-electron chi connectivity index (χ3n) is 3.62. The van der Waals surface area contributed by atoms with Gasteiger partial charge in [-0.2, -0.15) is 5.26 Å². The van der Waals surface area contributed by atoms with E-state index in [4.69, 9.17) is 14.7 Å². The van der Waals surface area contributed by atoms with E-state index in [9.17, 15) is 0 Å². The Morgan fingerprint density at radius 1 is 1.37 bits per heavy atom. The summed E-state index contributed by atoms with van der Waals surface area (Å²) >= 11 is 0. The summed E-state index contributed by atoms with van der Waals surface area (Å²) in [5.41, 5.74) is 1.51. The molecule has 0 unspecified atom stereocenters. The van der Waals surface area contributed by atoms with E-state index >= 15 is 0 Å². The lowest BCUT2D eigenvalue weighted by atomic mass is 10.0. The van der Waals surface area contributed by atoms with Crippen LogP contribution in [0.2, 0.25) is 0 Å². The monoisotopic (exact) mass is 259 g/mol. The van der Waals surface area contributed by atoms with Crippen LogP contribution >= 0.6 is 0 Å². The van der Waals surface area contributed by atoms with Crippen molar-refractivity contribution < 1.29 is 9.47 Å². The fourth-order valence-electron chi connectivity index (χ4n) is 2.79. The second kappa shape index (κ2) is 4.80. The highest BCUT2D eigenvalue weighted by molar-refractivity contribution is 5.47. The van der Waals surface area contributed by atoms with E-state index in [2.05, 4.69) is 16.0 Å². The molecular formula is C14H17N3O2. The zero-order valence-electron chi connectivity index (χ0n) is 11.1. The van der Waals surface area contributed by atoms with E-state index in [1.165, 1.54) is 0 Å². The number of nitrogens with zero attached hydrogens (tertiary/aromatic N) is 3. The fourth-order valence-corrected chi connectivity index (χ4v) is 2.79. The molecule has 3 rings (SSSR count). The Morgan fingerprint density at radius 3 is 2.89 bits per heavy atom. The van der Waals surface area contributed by atoms with Crippen LogP contribution in [0.3, 0.4) is 0 Å². The van der Waals surface area contributed by atoms with Crippen molar-refractivity contribution in [3.63, 3.8) is 0 Å². The number of rotatable bonds is 1. The molecule has 19 heavy (non-hydrogen) atoms. The molecule has 2 saturated heterocycles. The predicted octanol–water partition coefficient (Wildman–Crippen LogP) is 1.60. The van der Waals surface area contributed by atoms with Crippen molar-refractivity contribution in [2.24, 2.45) is 0 Å². The minimum atomic E-state index is -0.462. The lowest BCUT2D eigenvalue weighted by Gasteiger charge is -2.39. The van der Waals surface area contributed by atoms with Crippen LogP contribution in [0, 0.1) is 18.3 Å². The van der Waals surface area contributed by atoms with Crippen molar-refractivity contribution in [3.8, 4) is 6.07 Å². The third kappa shape index (κ3) is 2.42. The topological polar surface area (TPSA) is 58.4 Å². The molecule has 2 fully saturated rings. The van der Waals surface area contributed by atoms with Crippen LogP contribution < -0.4 is 4.90 Å². The van der Waals surface area contributed by atoms with E-state index in [1.54, 1.807) is 6.07 Å². The molecule has 100 valence electrons. The maximum Gasteiger partial charge on any atom is 0.186 e. The van der Waals surface area contributed by atoms with E-state index in [1.807, 2.05) is 13.0 Å². The normalized spacial score (nSPS) is 21.6. The zero-order chi connectivity index (χ0) is 13.3. The average molecular weight is 259 g/mol. The van der Waals surface area contributed by atoms with Crippen LogP contribution in [0.25, 0.3) is 0 Å². The summed E-state index contributed by atoms with van der Waals surface area (Å²) in [5, 5.41) is 9.04. The number of aryl methyl sites for hydroxylation is 1. The maximum absolute atomic E-state index is 9.04. The summed E-state index contributed by atoms with van der Waals surface area (Å²) in [5.74, 6) is 0.381. The van der Waals surface area contributed by atoms with Crippen LogP contribution in [0.1, 0.15) is 24.1 Å². The fraction of sp³-hybridized carbons (Fsp3) is 0.571. The molecule has 1 aromatic rings. The van der Waals surface area contributed by atoms with Gasteiger partial charge in [0.25, 0.3) is 0 Å². The molecule has 0 amide bonds. The molecule has 0 radical (unpaired) electrons. The maximum atomic E-state index is 9.04. The summed E-state index contributed by atoms with van der Waals surface area (Å²) in [6, 6.07) is 5.81. The highest BCUT2D eigenvalue weighted by atomic mass is 16.7. The number of anilines is 1. The number of pyridine rings is 1. The Morgan fingerprint density at radius 2 is 2.16 bits per heavy atom. The number of ether oxygens (including phenoxy) is 2. The SMILES string of the molecule is Cc1cc(C#N)cc(N2CCCC3(C2)OCCO3)n1. The molecular weight excluding hydrogens is 242 g/mol. The predicted molar refractivity (Wildman–Crippen MR) is 69.8 cm³/mol. The molecule has 5 heteroatoms. The highest BCUT2D eigenvalue weighted by Crippen LogP contribution is 2.32. The van der Waals surface area contributed by atoms with Crippen molar-refractivity contribution >= 4 is 5.82 Å². The molecule has 2 aliphatic rings. The third-order valence-corrected chi connectivity index (χ3v) is 3.62. The molecule has 0 bridgehead atoms. The Bertz CT molecular complexity index is 518. The molecule has 5 nitrogen and oxygen atoms in total. The Hall–Kier alpha value is -1.64. The first-order chi connectivity index (χ1) is 9.21.